The highest BCUT2D eigenvalue weighted by Crippen LogP contribution is 2.44. The van der Waals surface area contributed by atoms with E-state index < -0.39 is 21.4 Å². The summed E-state index contributed by atoms with van der Waals surface area (Å²) in [4.78, 5) is 15.0. The van der Waals surface area contributed by atoms with Crippen molar-refractivity contribution in [3.63, 3.8) is 0 Å². The van der Waals surface area contributed by atoms with Crippen LogP contribution in [0.1, 0.15) is 39.9 Å². The van der Waals surface area contributed by atoms with Gasteiger partial charge in [-0.05, 0) is 31.4 Å². The van der Waals surface area contributed by atoms with Gasteiger partial charge >= 0.3 is 5.97 Å². The zero-order valence-corrected chi connectivity index (χ0v) is 15.6. The van der Waals surface area contributed by atoms with Gasteiger partial charge in [0.2, 0.25) is 0 Å². The fourth-order valence-electron chi connectivity index (χ4n) is 3.81. The van der Waals surface area contributed by atoms with Gasteiger partial charge in [-0.1, -0.05) is 0 Å². The molecule has 0 bridgehead atoms. The maximum atomic E-state index is 11.5. The molecule has 0 aromatic carbocycles. The molecule has 8 heteroatoms. The SMILES string of the molecule is CC(CS(C)(=O)=O)N1CCC2(CC1)OCCc1sc(C(=O)O)cc12. The monoisotopic (exact) mass is 373 g/mol. The van der Waals surface area contributed by atoms with Crippen LogP contribution >= 0.6 is 11.3 Å². The van der Waals surface area contributed by atoms with Gasteiger partial charge in [0, 0.05) is 36.7 Å². The molecule has 0 aliphatic carbocycles. The molecule has 1 saturated heterocycles. The lowest BCUT2D eigenvalue weighted by Crippen LogP contribution is -2.50. The predicted molar refractivity (Wildman–Crippen MR) is 92.6 cm³/mol. The smallest absolute Gasteiger partial charge is 0.345 e. The molecule has 1 aromatic heterocycles. The summed E-state index contributed by atoms with van der Waals surface area (Å²) >= 11 is 1.35. The minimum Gasteiger partial charge on any atom is -0.477 e. The normalized spacial score (nSPS) is 22.2. The van der Waals surface area contributed by atoms with Crippen LogP contribution in [-0.2, 0) is 26.6 Å². The summed E-state index contributed by atoms with van der Waals surface area (Å²) in [6.45, 7) is 4.08. The number of piperidine rings is 1. The summed E-state index contributed by atoms with van der Waals surface area (Å²) in [6, 6.07) is 1.76. The van der Waals surface area contributed by atoms with E-state index in [1.807, 2.05) is 6.92 Å². The Morgan fingerprint density at radius 3 is 2.71 bits per heavy atom. The number of ether oxygens (including phenoxy) is 1. The standard InChI is InChI=1S/C16H23NO5S2/c1-11(10-24(2,20)21)17-6-4-16(5-7-17)12-9-14(15(18)19)23-13(12)3-8-22-16/h9,11H,3-8,10H2,1-2H3,(H,18,19). The number of rotatable bonds is 4. The molecule has 6 nitrogen and oxygen atoms in total. The molecular weight excluding hydrogens is 350 g/mol. The van der Waals surface area contributed by atoms with Crippen molar-refractivity contribution in [3.8, 4) is 0 Å². The van der Waals surface area contributed by atoms with Gasteiger partial charge in [0.15, 0.2) is 0 Å². The molecule has 0 saturated carbocycles. The molecule has 1 N–H and O–H groups in total. The largest absolute Gasteiger partial charge is 0.477 e. The first-order valence-corrected chi connectivity index (χ1v) is 11.0. The minimum absolute atomic E-state index is 0.0162. The molecule has 0 radical (unpaired) electrons. The van der Waals surface area contributed by atoms with Crippen LogP contribution in [0.5, 0.6) is 0 Å². The summed E-state index contributed by atoms with van der Waals surface area (Å²) in [6.07, 6.45) is 3.57. The zero-order chi connectivity index (χ0) is 17.5. The van der Waals surface area contributed by atoms with Crippen LogP contribution in [0, 0.1) is 0 Å². The third-order valence-electron chi connectivity index (χ3n) is 4.99. The topological polar surface area (TPSA) is 83.9 Å². The van der Waals surface area contributed by atoms with Crippen molar-refractivity contribution in [1.82, 2.24) is 4.90 Å². The number of hydrogen-bond donors (Lipinski definition) is 1. The number of thiophene rings is 1. The van der Waals surface area contributed by atoms with E-state index in [4.69, 9.17) is 4.74 Å². The van der Waals surface area contributed by atoms with Gasteiger partial charge in [-0.25, -0.2) is 13.2 Å². The third-order valence-corrected chi connectivity index (χ3v) is 7.26. The molecule has 1 fully saturated rings. The van der Waals surface area contributed by atoms with Crippen molar-refractivity contribution >= 4 is 27.1 Å². The molecule has 24 heavy (non-hydrogen) atoms. The van der Waals surface area contributed by atoms with Crippen LogP contribution in [0.3, 0.4) is 0 Å². The minimum atomic E-state index is -3.00. The molecule has 2 aliphatic rings. The Morgan fingerprint density at radius 1 is 1.46 bits per heavy atom. The summed E-state index contributed by atoms with van der Waals surface area (Å²) < 4.78 is 29.1. The summed E-state index contributed by atoms with van der Waals surface area (Å²) in [5, 5.41) is 9.25. The lowest BCUT2D eigenvalue weighted by molar-refractivity contribution is -0.100. The summed E-state index contributed by atoms with van der Waals surface area (Å²) in [5.41, 5.74) is 0.630. The second kappa shape index (κ2) is 6.40. The number of aromatic carboxylic acids is 1. The van der Waals surface area contributed by atoms with Gasteiger partial charge in [-0.2, -0.15) is 0 Å². The van der Waals surface area contributed by atoms with Gasteiger partial charge in [0.1, 0.15) is 14.7 Å². The quantitative estimate of drug-likeness (QED) is 0.866. The average molecular weight is 373 g/mol. The van der Waals surface area contributed by atoms with Crippen molar-refractivity contribution in [3.05, 3.63) is 21.4 Å². The maximum absolute atomic E-state index is 11.5. The second-order valence-corrected chi connectivity index (χ2v) is 10.1. The molecule has 1 unspecified atom stereocenters. The van der Waals surface area contributed by atoms with E-state index >= 15 is 0 Å². The van der Waals surface area contributed by atoms with Crippen molar-refractivity contribution in [2.75, 3.05) is 31.7 Å². The first-order chi connectivity index (χ1) is 11.2. The Labute approximate surface area is 146 Å². The number of carboxylic acid groups (broad SMARTS) is 1. The lowest BCUT2D eigenvalue weighted by Gasteiger charge is -2.45. The number of carboxylic acids is 1. The molecule has 1 atom stereocenters. The lowest BCUT2D eigenvalue weighted by atomic mass is 9.82. The highest BCUT2D eigenvalue weighted by Gasteiger charge is 2.43. The second-order valence-electron chi connectivity index (χ2n) is 6.82. The molecule has 0 amide bonds. The van der Waals surface area contributed by atoms with Crippen LogP contribution in [0.4, 0.5) is 0 Å². The fourth-order valence-corrected chi connectivity index (χ4v) is 5.96. The van der Waals surface area contributed by atoms with Crippen molar-refractivity contribution in [2.24, 2.45) is 0 Å². The van der Waals surface area contributed by atoms with Gasteiger partial charge in [0.05, 0.1) is 18.0 Å². The van der Waals surface area contributed by atoms with Crippen LogP contribution in [0.2, 0.25) is 0 Å². The molecule has 3 rings (SSSR count). The van der Waals surface area contributed by atoms with Crippen molar-refractivity contribution < 1.29 is 23.1 Å². The number of nitrogens with zero attached hydrogens (tertiary/aromatic N) is 1. The van der Waals surface area contributed by atoms with Gasteiger partial charge < -0.3 is 9.84 Å². The van der Waals surface area contributed by atoms with Crippen LogP contribution in [0.25, 0.3) is 0 Å². The average Bonchev–Trinajstić information content (AvgIpc) is 2.92. The Morgan fingerprint density at radius 2 is 2.12 bits per heavy atom. The Balaban J connectivity index is 1.76. The first kappa shape index (κ1) is 17.8. The number of fused-ring (bicyclic) bond motifs is 2. The number of likely N-dealkylation sites (tertiary alicyclic amines) is 1. The van der Waals surface area contributed by atoms with E-state index in [2.05, 4.69) is 4.90 Å². The highest BCUT2D eigenvalue weighted by molar-refractivity contribution is 7.90. The predicted octanol–water partition coefficient (Wildman–Crippen LogP) is 1.74. The molecule has 2 aliphatic heterocycles. The van der Waals surface area contributed by atoms with E-state index in [1.54, 1.807) is 6.07 Å². The van der Waals surface area contributed by atoms with Gasteiger partial charge in [-0.3, -0.25) is 4.90 Å². The molecule has 3 heterocycles. The van der Waals surface area contributed by atoms with E-state index in [0.717, 1.165) is 42.8 Å². The van der Waals surface area contributed by atoms with Crippen molar-refractivity contribution in [2.45, 2.75) is 37.8 Å². The van der Waals surface area contributed by atoms with Crippen LogP contribution in [-0.4, -0.2) is 62.1 Å². The number of hydrogen-bond acceptors (Lipinski definition) is 6. The summed E-state index contributed by atoms with van der Waals surface area (Å²) in [5.74, 6) is -0.725. The zero-order valence-electron chi connectivity index (χ0n) is 13.9. The van der Waals surface area contributed by atoms with Crippen LogP contribution < -0.4 is 0 Å². The molecule has 1 aromatic rings. The van der Waals surface area contributed by atoms with E-state index in [1.165, 1.54) is 17.6 Å². The number of sulfone groups is 1. The molecular formula is C16H23NO5S2. The summed E-state index contributed by atoms with van der Waals surface area (Å²) in [7, 11) is -3.00. The number of carbonyl (C=O) groups is 1. The molecule has 134 valence electrons. The Hall–Kier alpha value is -0.960. The third kappa shape index (κ3) is 3.51. The van der Waals surface area contributed by atoms with E-state index in [-0.39, 0.29) is 11.8 Å². The Bertz CT molecular complexity index is 732. The van der Waals surface area contributed by atoms with Crippen molar-refractivity contribution in [1.29, 1.82) is 0 Å². The van der Waals surface area contributed by atoms with Crippen LogP contribution in [0.15, 0.2) is 6.07 Å². The van der Waals surface area contributed by atoms with Gasteiger partial charge in [-0.15, -0.1) is 11.3 Å². The van der Waals surface area contributed by atoms with E-state index in [0.29, 0.717) is 11.5 Å². The molecule has 1 spiro atoms. The highest BCUT2D eigenvalue weighted by atomic mass is 32.2. The fraction of sp³-hybridized carbons (Fsp3) is 0.688. The van der Waals surface area contributed by atoms with E-state index in [9.17, 15) is 18.3 Å². The maximum Gasteiger partial charge on any atom is 0.345 e. The van der Waals surface area contributed by atoms with Gasteiger partial charge in [0.25, 0.3) is 0 Å². The Kier molecular flexibility index (Phi) is 4.76. The first-order valence-electron chi connectivity index (χ1n) is 8.12.